The van der Waals surface area contributed by atoms with Gasteiger partial charge in [0.2, 0.25) is 0 Å². The van der Waals surface area contributed by atoms with Crippen molar-refractivity contribution >= 4 is 5.91 Å². The van der Waals surface area contributed by atoms with Crippen LogP contribution in [-0.4, -0.2) is 23.8 Å². The van der Waals surface area contributed by atoms with Crippen molar-refractivity contribution in [3.05, 3.63) is 35.1 Å². The summed E-state index contributed by atoms with van der Waals surface area (Å²) in [6, 6.07) is 5.59. The van der Waals surface area contributed by atoms with E-state index in [0.29, 0.717) is 23.5 Å². The second kappa shape index (κ2) is 4.16. The SMILES string of the molecule is COc1cccc2c1O[C@@]1(C)C[C@H]2/C(=C(\C)O)C(=O)N1. The van der Waals surface area contributed by atoms with Gasteiger partial charge in [-0.2, -0.15) is 0 Å². The van der Waals surface area contributed by atoms with Crippen LogP contribution >= 0.6 is 0 Å². The lowest BCUT2D eigenvalue weighted by Gasteiger charge is -2.45. The first-order valence-electron chi connectivity index (χ1n) is 6.53. The maximum atomic E-state index is 12.2. The third-order valence-electron chi connectivity index (χ3n) is 3.89. The molecule has 1 aromatic carbocycles. The molecule has 0 radical (unpaired) electrons. The highest BCUT2D eigenvalue weighted by Crippen LogP contribution is 2.50. The van der Waals surface area contributed by atoms with Gasteiger partial charge in [0.05, 0.1) is 18.4 Å². The molecule has 0 aliphatic carbocycles. The number of fused-ring (bicyclic) bond motifs is 4. The van der Waals surface area contributed by atoms with E-state index in [9.17, 15) is 9.90 Å². The Morgan fingerprint density at radius 3 is 2.95 bits per heavy atom. The van der Waals surface area contributed by atoms with Crippen molar-refractivity contribution in [1.82, 2.24) is 5.32 Å². The Balaban J connectivity index is 2.23. The molecule has 2 heterocycles. The molecular formula is C15H17NO4. The number of nitrogens with one attached hydrogen (secondary N) is 1. The Labute approximate surface area is 117 Å². The van der Waals surface area contributed by atoms with Gasteiger partial charge in [0.25, 0.3) is 5.91 Å². The molecule has 1 aromatic rings. The van der Waals surface area contributed by atoms with Crippen LogP contribution in [0.15, 0.2) is 29.5 Å². The number of hydrogen-bond acceptors (Lipinski definition) is 4. The normalized spacial score (nSPS) is 29.9. The predicted molar refractivity (Wildman–Crippen MR) is 72.9 cm³/mol. The summed E-state index contributed by atoms with van der Waals surface area (Å²) in [5, 5.41) is 12.7. The molecule has 1 fully saturated rings. The molecule has 0 spiro atoms. The van der Waals surface area contributed by atoms with Crippen LogP contribution in [0.5, 0.6) is 11.5 Å². The first-order valence-corrected chi connectivity index (χ1v) is 6.53. The quantitative estimate of drug-likeness (QED) is 0.609. The Bertz CT molecular complexity index is 618. The maximum Gasteiger partial charge on any atom is 0.254 e. The van der Waals surface area contributed by atoms with Crippen molar-refractivity contribution in [3.8, 4) is 11.5 Å². The van der Waals surface area contributed by atoms with Gasteiger partial charge in [-0.05, 0) is 19.9 Å². The van der Waals surface area contributed by atoms with Crippen LogP contribution in [0.4, 0.5) is 0 Å². The Morgan fingerprint density at radius 1 is 1.55 bits per heavy atom. The van der Waals surface area contributed by atoms with Crippen molar-refractivity contribution in [2.45, 2.75) is 31.9 Å². The summed E-state index contributed by atoms with van der Waals surface area (Å²) < 4.78 is 11.3. The minimum absolute atomic E-state index is 0.0465. The molecule has 1 saturated heterocycles. The lowest BCUT2D eigenvalue weighted by atomic mass is 9.78. The largest absolute Gasteiger partial charge is 0.512 e. The van der Waals surface area contributed by atoms with Gasteiger partial charge in [0, 0.05) is 17.9 Å². The number of para-hydroxylation sites is 1. The third-order valence-corrected chi connectivity index (χ3v) is 3.89. The zero-order valence-corrected chi connectivity index (χ0v) is 11.7. The molecule has 2 aliphatic heterocycles. The summed E-state index contributed by atoms with van der Waals surface area (Å²) in [7, 11) is 1.58. The minimum atomic E-state index is -0.775. The summed E-state index contributed by atoms with van der Waals surface area (Å²) in [4.78, 5) is 12.2. The molecular weight excluding hydrogens is 258 g/mol. The van der Waals surface area contributed by atoms with E-state index in [1.54, 1.807) is 7.11 Å². The number of methoxy groups -OCH3 is 1. The number of ether oxygens (including phenoxy) is 2. The number of amides is 1. The number of aliphatic hydroxyl groups is 1. The molecule has 3 rings (SSSR count). The van der Waals surface area contributed by atoms with Crippen LogP contribution in [0.3, 0.4) is 0 Å². The third kappa shape index (κ3) is 1.73. The van der Waals surface area contributed by atoms with Crippen molar-refractivity contribution in [1.29, 1.82) is 0 Å². The van der Waals surface area contributed by atoms with E-state index in [0.717, 1.165) is 5.56 Å². The second-order valence-corrected chi connectivity index (χ2v) is 5.42. The van der Waals surface area contributed by atoms with Crippen LogP contribution in [0.2, 0.25) is 0 Å². The van der Waals surface area contributed by atoms with Crippen molar-refractivity contribution in [2.75, 3.05) is 7.11 Å². The van der Waals surface area contributed by atoms with E-state index in [1.165, 1.54) is 6.92 Å². The van der Waals surface area contributed by atoms with E-state index in [4.69, 9.17) is 9.47 Å². The molecule has 0 unspecified atom stereocenters. The highest BCUT2D eigenvalue weighted by molar-refractivity contribution is 5.97. The van der Waals surface area contributed by atoms with E-state index >= 15 is 0 Å². The summed E-state index contributed by atoms with van der Waals surface area (Å²) in [6.07, 6.45) is 0.589. The van der Waals surface area contributed by atoms with E-state index < -0.39 is 5.72 Å². The van der Waals surface area contributed by atoms with E-state index in [1.807, 2.05) is 25.1 Å². The smallest absolute Gasteiger partial charge is 0.254 e. The van der Waals surface area contributed by atoms with E-state index in [-0.39, 0.29) is 17.6 Å². The number of aliphatic hydroxyl groups excluding tert-OH is 1. The highest BCUT2D eigenvalue weighted by Gasteiger charge is 2.48. The van der Waals surface area contributed by atoms with Gasteiger partial charge < -0.3 is 19.9 Å². The minimum Gasteiger partial charge on any atom is -0.512 e. The van der Waals surface area contributed by atoms with Crippen LogP contribution in [-0.2, 0) is 4.79 Å². The number of benzene rings is 1. The number of rotatable bonds is 1. The number of hydrogen-bond donors (Lipinski definition) is 2. The lowest BCUT2D eigenvalue weighted by molar-refractivity contribution is -0.127. The number of carbonyl (C=O) groups is 1. The lowest BCUT2D eigenvalue weighted by Crippen LogP contribution is -2.58. The number of allylic oxidation sites excluding steroid dienone is 1. The Hall–Kier alpha value is -2.17. The average molecular weight is 275 g/mol. The first kappa shape index (κ1) is 12.8. The van der Waals surface area contributed by atoms with Crippen molar-refractivity contribution in [3.63, 3.8) is 0 Å². The van der Waals surface area contributed by atoms with Gasteiger partial charge in [-0.1, -0.05) is 12.1 Å². The molecule has 2 aliphatic rings. The molecule has 2 atom stereocenters. The van der Waals surface area contributed by atoms with Crippen LogP contribution in [0.1, 0.15) is 31.7 Å². The Morgan fingerprint density at radius 2 is 2.30 bits per heavy atom. The average Bonchev–Trinajstić information content (AvgIpc) is 2.36. The zero-order valence-electron chi connectivity index (χ0n) is 11.7. The highest BCUT2D eigenvalue weighted by atomic mass is 16.5. The van der Waals surface area contributed by atoms with Gasteiger partial charge in [-0.15, -0.1) is 0 Å². The van der Waals surface area contributed by atoms with Crippen LogP contribution in [0, 0.1) is 0 Å². The molecule has 5 nitrogen and oxygen atoms in total. The molecule has 2 bridgehead atoms. The monoisotopic (exact) mass is 275 g/mol. The van der Waals surface area contributed by atoms with Gasteiger partial charge in [-0.25, -0.2) is 0 Å². The maximum absolute atomic E-state index is 12.2. The molecule has 106 valence electrons. The molecule has 1 amide bonds. The molecule has 5 heteroatoms. The van der Waals surface area contributed by atoms with Crippen LogP contribution in [0.25, 0.3) is 0 Å². The summed E-state index contributed by atoms with van der Waals surface area (Å²) in [5.41, 5.74) is 0.503. The molecule has 0 aromatic heterocycles. The number of carbonyl (C=O) groups excluding carboxylic acids is 1. The van der Waals surface area contributed by atoms with Crippen LogP contribution < -0.4 is 14.8 Å². The van der Waals surface area contributed by atoms with Crippen molar-refractivity contribution < 1.29 is 19.4 Å². The van der Waals surface area contributed by atoms with Gasteiger partial charge in [0.1, 0.15) is 0 Å². The van der Waals surface area contributed by atoms with Gasteiger partial charge >= 0.3 is 0 Å². The topological polar surface area (TPSA) is 67.8 Å². The summed E-state index contributed by atoms with van der Waals surface area (Å²) in [6.45, 7) is 3.36. The fourth-order valence-corrected chi connectivity index (χ4v) is 3.06. The Kier molecular flexibility index (Phi) is 2.67. The standard InChI is InChI=1S/C15H17NO4/c1-8(17)12-10-7-15(2,16-14(12)18)20-13-9(10)5-4-6-11(13)19-3/h4-6,10,17H,7H2,1-3H3,(H,16,18)/b12-8-/t10-,15+/m1/s1. The molecule has 0 saturated carbocycles. The zero-order chi connectivity index (χ0) is 14.5. The first-order chi connectivity index (χ1) is 9.45. The summed E-state index contributed by atoms with van der Waals surface area (Å²) in [5.74, 6) is 0.844. The predicted octanol–water partition coefficient (Wildman–Crippen LogP) is 2.24. The van der Waals surface area contributed by atoms with Gasteiger partial charge in [-0.3, -0.25) is 4.79 Å². The van der Waals surface area contributed by atoms with E-state index in [2.05, 4.69) is 5.32 Å². The second-order valence-electron chi connectivity index (χ2n) is 5.42. The van der Waals surface area contributed by atoms with Gasteiger partial charge in [0.15, 0.2) is 17.2 Å². The molecule has 20 heavy (non-hydrogen) atoms. The fourth-order valence-electron chi connectivity index (χ4n) is 3.06. The summed E-state index contributed by atoms with van der Waals surface area (Å²) >= 11 is 0. The molecule has 2 N–H and O–H groups in total. The number of piperidine rings is 1. The fraction of sp³-hybridized carbons (Fsp3) is 0.400. The van der Waals surface area contributed by atoms with Crippen molar-refractivity contribution in [2.24, 2.45) is 0 Å².